The van der Waals surface area contributed by atoms with E-state index in [0.29, 0.717) is 10.7 Å². The van der Waals surface area contributed by atoms with E-state index in [1.807, 2.05) is 0 Å². The topological polar surface area (TPSA) is 0 Å². The molecular weight excluding hydrogens is 92.1 g/mol. The van der Waals surface area contributed by atoms with Crippen molar-refractivity contribution in [2.45, 2.75) is 25.5 Å². The molecule has 1 unspecified atom stereocenters. The summed E-state index contributed by atoms with van der Waals surface area (Å²) in [5.41, 5.74) is 0.573. The van der Waals surface area contributed by atoms with Crippen molar-refractivity contribution in [3.05, 3.63) is 0 Å². The average molecular weight is 102 g/mol. The van der Waals surface area contributed by atoms with Crippen LogP contribution in [0.4, 0.5) is 0 Å². The highest BCUT2D eigenvalue weighted by Gasteiger charge is 2.42. The molecule has 0 aromatic carbocycles. The smallest absolute Gasteiger partial charge is 0.00738 e. The van der Waals surface area contributed by atoms with Crippen molar-refractivity contribution in [2.75, 3.05) is 0 Å². The van der Waals surface area contributed by atoms with Crippen LogP contribution in [0, 0.1) is 5.41 Å². The Morgan fingerprint density at radius 2 is 1.83 bits per heavy atom. The second-order valence-corrected chi connectivity index (χ2v) is 3.33. The van der Waals surface area contributed by atoms with Gasteiger partial charge >= 0.3 is 0 Å². The maximum absolute atomic E-state index is 4.26. The summed E-state index contributed by atoms with van der Waals surface area (Å²) >= 11 is 4.26. The van der Waals surface area contributed by atoms with Gasteiger partial charge in [0.15, 0.2) is 0 Å². The van der Waals surface area contributed by atoms with Gasteiger partial charge in [-0.1, -0.05) is 13.8 Å². The molecule has 1 heteroatoms. The van der Waals surface area contributed by atoms with Crippen molar-refractivity contribution in [3.8, 4) is 0 Å². The minimum absolute atomic E-state index is 0.573. The Labute approximate surface area is 44.3 Å². The van der Waals surface area contributed by atoms with E-state index in [1.165, 1.54) is 6.42 Å². The molecule has 0 aromatic heterocycles. The summed E-state index contributed by atoms with van der Waals surface area (Å²) in [6, 6.07) is 0. The van der Waals surface area contributed by atoms with Gasteiger partial charge < -0.3 is 0 Å². The Bertz CT molecular complexity index is 66.3. The molecule has 0 nitrogen and oxygen atoms in total. The van der Waals surface area contributed by atoms with E-state index < -0.39 is 0 Å². The third kappa shape index (κ3) is 0.558. The molecule has 1 fully saturated rings. The van der Waals surface area contributed by atoms with Crippen molar-refractivity contribution in [1.29, 1.82) is 0 Å². The van der Waals surface area contributed by atoms with E-state index in [0.717, 1.165) is 0 Å². The van der Waals surface area contributed by atoms with E-state index >= 15 is 0 Å². The average Bonchev–Trinajstić information content (AvgIpc) is 1.73. The lowest BCUT2D eigenvalue weighted by Crippen LogP contribution is -1.84. The van der Waals surface area contributed by atoms with Crippen molar-refractivity contribution in [2.24, 2.45) is 5.41 Å². The van der Waals surface area contributed by atoms with Gasteiger partial charge in [-0.05, 0) is 11.8 Å². The molecule has 1 atom stereocenters. The molecule has 0 amide bonds. The zero-order valence-electron chi connectivity index (χ0n) is 4.23. The molecule has 1 saturated carbocycles. The molecule has 1 aliphatic rings. The first-order valence-electron chi connectivity index (χ1n) is 2.31. The van der Waals surface area contributed by atoms with Crippen LogP contribution in [0.1, 0.15) is 20.3 Å². The van der Waals surface area contributed by atoms with Crippen LogP contribution in [0.3, 0.4) is 0 Å². The fourth-order valence-corrected chi connectivity index (χ4v) is 0.910. The van der Waals surface area contributed by atoms with Crippen LogP contribution in [-0.2, 0) is 0 Å². The summed E-state index contributed by atoms with van der Waals surface area (Å²) in [5, 5.41) is 0.692. The Kier molecular flexibility index (Phi) is 0.710. The SMILES string of the molecule is CC1(C)CC1S. The maximum atomic E-state index is 4.26. The molecule has 0 bridgehead atoms. The van der Waals surface area contributed by atoms with Gasteiger partial charge in [0.2, 0.25) is 0 Å². The van der Waals surface area contributed by atoms with Gasteiger partial charge in [0.05, 0.1) is 0 Å². The molecule has 1 rings (SSSR count). The Balaban J connectivity index is 2.41. The van der Waals surface area contributed by atoms with Gasteiger partial charge in [0, 0.05) is 5.25 Å². The van der Waals surface area contributed by atoms with Crippen LogP contribution in [0.25, 0.3) is 0 Å². The molecule has 0 aliphatic heterocycles. The molecule has 0 N–H and O–H groups in total. The van der Waals surface area contributed by atoms with Crippen molar-refractivity contribution < 1.29 is 0 Å². The lowest BCUT2D eigenvalue weighted by molar-refractivity contribution is 0.658. The summed E-state index contributed by atoms with van der Waals surface area (Å²) in [4.78, 5) is 0. The highest BCUT2D eigenvalue weighted by molar-refractivity contribution is 7.81. The Morgan fingerprint density at radius 1 is 1.67 bits per heavy atom. The molecule has 1 aliphatic carbocycles. The Morgan fingerprint density at radius 3 is 1.83 bits per heavy atom. The number of rotatable bonds is 0. The third-order valence-electron chi connectivity index (χ3n) is 1.46. The van der Waals surface area contributed by atoms with Crippen LogP contribution in [-0.4, -0.2) is 5.25 Å². The molecule has 36 valence electrons. The van der Waals surface area contributed by atoms with Crippen molar-refractivity contribution in [1.82, 2.24) is 0 Å². The van der Waals surface area contributed by atoms with Crippen LogP contribution >= 0.6 is 12.6 Å². The largest absolute Gasteiger partial charge is 0.175 e. The van der Waals surface area contributed by atoms with Gasteiger partial charge in [-0.15, -0.1) is 0 Å². The zero-order chi connectivity index (χ0) is 4.78. The van der Waals surface area contributed by atoms with Crippen LogP contribution in [0.5, 0.6) is 0 Å². The first-order valence-corrected chi connectivity index (χ1v) is 2.83. The number of hydrogen-bond acceptors (Lipinski definition) is 1. The van der Waals surface area contributed by atoms with Crippen molar-refractivity contribution in [3.63, 3.8) is 0 Å². The lowest BCUT2D eigenvalue weighted by Gasteiger charge is -1.91. The summed E-state index contributed by atoms with van der Waals surface area (Å²) in [6.45, 7) is 4.48. The zero-order valence-corrected chi connectivity index (χ0v) is 5.13. The van der Waals surface area contributed by atoms with E-state index in [1.54, 1.807) is 0 Å². The highest BCUT2D eigenvalue weighted by Crippen LogP contribution is 2.48. The summed E-state index contributed by atoms with van der Waals surface area (Å²) in [5.74, 6) is 0. The molecule has 0 spiro atoms. The van der Waals surface area contributed by atoms with Gasteiger partial charge in [0.1, 0.15) is 0 Å². The second kappa shape index (κ2) is 0.945. The summed E-state index contributed by atoms with van der Waals surface area (Å²) in [6.07, 6.45) is 1.30. The predicted octanol–water partition coefficient (Wildman–Crippen LogP) is 1.71. The van der Waals surface area contributed by atoms with E-state index in [2.05, 4.69) is 26.5 Å². The third-order valence-corrected chi connectivity index (χ3v) is 2.34. The fourth-order valence-electron chi connectivity index (χ4n) is 0.439. The molecule has 6 heavy (non-hydrogen) atoms. The lowest BCUT2D eigenvalue weighted by atomic mass is 10.2. The monoisotopic (exact) mass is 102 g/mol. The highest BCUT2D eigenvalue weighted by atomic mass is 32.1. The van der Waals surface area contributed by atoms with Gasteiger partial charge in [-0.25, -0.2) is 0 Å². The summed E-state index contributed by atoms with van der Waals surface area (Å²) in [7, 11) is 0. The van der Waals surface area contributed by atoms with E-state index in [9.17, 15) is 0 Å². The van der Waals surface area contributed by atoms with E-state index in [-0.39, 0.29) is 0 Å². The molecule has 0 heterocycles. The molecule has 0 saturated heterocycles. The van der Waals surface area contributed by atoms with Crippen LogP contribution in [0.2, 0.25) is 0 Å². The van der Waals surface area contributed by atoms with E-state index in [4.69, 9.17) is 0 Å². The maximum Gasteiger partial charge on any atom is 0.00738 e. The van der Waals surface area contributed by atoms with Gasteiger partial charge in [-0.2, -0.15) is 12.6 Å². The molecule has 0 radical (unpaired) electrons. The van der Waals surface area contributed by atoms with Gasteiger partial charge in [0.25, 0.3) is 0 Å². The Hall–Kier alpha value is 0.350. The standard InChI is InChI=1S/C5H10S/c1-5(2)3-4(5)6/h4,6H,3H2,1-2H3. The normalized spacial score (nSPS) is 39.5. The number of thiol groups is 1. The fraction of sp³-hybridized carbons (Fsp3) is 1.00. The van der Waals surface area contributed by atoms with Gasteiger partial charge in [-0.3, -0.25) is 0 Å². The first kappa shape index (κ1) is 4.51. The quantitative estimate of drug-likeness (QED) is 0.442. The first-order chi connectivity index (χ1) is 2.63. The molecular formula is C5H10S. The molecule has 0 aromatic rings. The van der Waals surface area contributed by atoms with Crippen LogP contribution in [0.15, 0.2) is 0 Å². The second-order valence-electron chi connectivity index (χ2n) is 2.71. The van der Waals surface area contributed by atoms with Crippen LogP contribution < -0.4 is 0 Å². The number of hydrogen-bond donors (Lipinski definition) is 1. The predicted molar refractivity (Wildman–Crippen MR) is 31.2 cm³/mol. The summed E-state index contributed by atoms with van der Waals surface area (Å²) < 4.78 is 0. The minimum Gasteiger partial charge on any atom is -0.175 e. The minimum atomic E-state index is 0.573. The van der Waals surface area contributed by atoms with Crippen molar-refractivity contribution >= 4 is 12.6 Å².